The van der Waals surface area contributed by atoms with Gasteiger partial charge in [-0.3, -0.25) is 0 Å². The molecule has 0 saturated carbocycles. The Labute approximate surface area is 108 Å². The third kappa shape index (κ3) is 1.39. The van der Waals surface area contributed by atoms with Crippen molar-refractivity contribution >= 4 is 10.8 Å². The van der Waals surface area contributed by atoms with Crippen molar-refractivity contribution in [3.05, 3.63) is 47.5 Å². The smallest absolute Gasteiger partial charge is 0.0792 e. The first-order chi connectivity index (χ1) is 8.54. The van der Waals surface area contributed by atoms with Crippen LogP contribution >= 0.6 is 0 Å². The van der Waals surface area contributed by atoms with Crippen LogP contribution in [0.25, 0.3) is 10.8 Å². The van der Waals surface area contributed by atoms with E-state index >= 15 is 0 Å². The van der Waals surface area contributed by atoms with E-state index in [1.54, 1.807) is 0 Å². The number of rotatable bonds is 0. The zero-order valence-electron chi connectivity index (χ0n) is 11.1. The van der Waals surface area contributed by atoms with Crippen LogP contribution in [0.5, 0.6) is 0 Å². The van der Waals surface area contributed by atoms with Gasteiger partial charge in [0.05, 0.1) is 12.0 Å². The predicted octanol–water partition coefficient (Wildman–Crippen LogP) is 4.59. The lowest BCUT2D eigenvalue weighted by atomic mass is 9.72. The number of hydrogen-bond acceptors (Lipinski definition) is 1. The summed E-state index contributed by atoms with van der Waals surface area (Å²) in [6.45, 7) is 6.69. The molecule has 3 rings (SSSR count). The van der Waals surface area contributed by atoms with E-state index in [2.05, 4.69) is 63.2 Å². The average Bonchev–Trinajstić information content (AvgIpc) is 2.66. The van der Waals surface area contributed by atoms with Crippen LogP contribution in [0, 0.1) is 16.7 Å². The van der Waals surface area contributed by atoms with Gasteiger partial charge >= 0.3 is 0 Å². The van der Waals surface area contributed by atoms with Gasteiger partial charge in [0.25, 0.3) is 0 Å². The molecular weight excluding hydrogens is 218 g/mol. The molecule has 1 aliphatic carbocycles. The van der Waals surface area contributed by atoms with Gasteiger partial charge < -0.3 is 0 Å². The quantitative estimate of drug-likeness (QED) is 0.655. The van der Waals surface area contributed by atoms with Gasteiger partial charge in [-0.1, -0.05) is 57.2 Å². The van der Waals surface area contributed by atoms with Crippen LogP contribution in [0.2, 0.25) is 0 Å². The lowest BCUT2D eigenvalue weighted by molar-refractivity contribution is 0.310. The molecule has 0 aromatic heterocycles. The topological polar surface area (TPSA) is 23.8 Å². The van der Waals surface area contributed by atoms with Crippen LogP contribution in [0.3, 0.4) is 0 Å². The molecule has 2 aromatic rings. The molecular formula is C17H17N. The fourth-order valence-corrected chi connectivity index (χ4v) is 3.39. The van der Waals surface area contributed by atoms with Crippen molar-refractivity contribution in [3.63, 3.8) is 0 Å². The second-order valence-corrected chi connectivity index (χ2v) is 6.24. The summed E-state index contributed by atoms with van der Waals surface area (Å²) in [4.78, 5) is 0. The Kier molecular flexibility index (Phi) is 2.25. The van der Waals surface area contributed by atoms with Gasteiger partial charge in [-0.05, 0) is 27.3 Å². The molecule has 0 radical (unpaired) electrons. The molecule has 0 saturated heterocycles. The molecule has 0 spiro atoms. The number of nitriles is 1. The summed E-state index contributed by atoms with van der Waals surface area (Å²) in [5.74, 6) is 0.287. The molecule has 18 heavy (non-hydrogen) atoms. The van der Waals surface area contributed by atoms with Crippen LogP contribution in [0.4, 0.5) is 0 Å². The zero-order valence-corrected chi connectivity index (χ0v) is 11.1. The van der Waals surface area contributed by atoms with E-state index in [0.717, 1.165) is 0 Å². The first kappa shape index (κ1) is 11.3. The van der Waals surface area contributed by atoms with Crippen molar-refractivity contribution in [1.29, 1.82) is 5.26 Å². The molecule has 0 fully saturated rings. The maximum atomic E-state index is 9.57. The van der Waals surface area contributed by atoms with Crippen LogP contribution in [0.15, 0.2) is 36.4 Å². The van der Waals surface area contributed by atoms with Crippen molar-refractivity contribution in [3.8, 4) is 6.07 Å². The maximum absolute atomic E-state index is 9.57. The Balaban J connectivity index is 2.37. The molecule has 0 amide bonds. The number of hydrogen-bond donors (Lipinski definition) is 0. The van der Waals surface area contributed by atoms with Gasteiger partial charge in [-0.25, -0.2) is 0 Å². The first-order valence-electron chi connectivity index (χ1n) is 6.45. The summed E-state index contributed by atoms with van der Waals surface area (Å²) in [6, 6.07) is 15.3. The largest absolute Gasteiger partial charge is 0.198 e. The van der Waals surface area contributed by atoms with Gasteiger partial charge in [0.15, 0.2) is 0 Å². The van der Waals surface area contributed by atoms with E-state index < -0.39 is 0 Å². The summed E-state index contributed by atoms with van der Waals surface area (Å²) in [7, 11) is 0. The minimum Gasteiger partial charge on any atom is -0.198 e. The van der Waals surface area contributed by atoms with Gasteiger partial charge in [0.1, 0.15) is 0 Å². The molecule has 2 unspecified atom stereocenters. The van der Waals surface area contributed by atoms with Crippen LogP contribution in [0.1, 0.15) is 43.7 Å². The van der Waals surface area contributed by atoms with Gasteiger partial charge in [-0.15, -0.1) is 0 Å². The summed E-state index contributed by atoms with van der Waals surface area (Å²) >= 11 is 0. The first-order valence-corrected chi connectivity index (χ1v) is 6.45. The predicted molar refractivity (Wildman–Crippen MR) is 74.5 cm³/mol. The number of nitrogens with zero attached hydrogens (tertiary/aromatic N) is 1. The summed E-state index contributed by atoms with van der Waals surface area (Å²) in [5, 5.41) is 12.1. The van der Waals surface area contributed by atoms with Gasteiger partial charge in [0.2, 0.25) is 0 Å². The Bertz CT molecular complexity index is 650. The van der Waals surface area contributed by atoms with Crippen molar-refractivity contribution in [2.45, 2.75) is 32.6 Å². The average molecular weight is 235 g/mol. The minimum absolute atomic E-state index is 0.00824. The fourth-order valence-electron chi connectivity index (χ4n) is 3.39. The normalized spacial score (nSPS) is 22.1. The molecule has 2 aromatic carbocycles. The summed E-state index contributed by atoms with van der Waals surface area (Å²) in [6.07, 6.45) is 0. The maximum Gasteiger partial charge on any atom is 0.0792 e. The van der Waals surface area contributed by atoms with Gasteiger partial charge in [0, 0.05) is 5.92 Å². The number of benzene rings is 2. The monoisotopic (exact) mass is 235 g/mol. The van der Waals surface area contributed by atoms with Crippen molar-refractivity contribution in [1.82, 2.24) is 0 Å². The molecule has 0 aliphatic heterocycles. The molecule has 1 aliphatic rings. The molecule has 2 atom stereocenters. The Morgan fingerprint density at radius 3 is 2.17 bits per heavy atom. The van der Waals surface area contributed by atoms with Crippen molar-refractivity contribution < 1.29 is 0 Å². The van der Waals surface area contributed by atoms with Crippen LogP contribution in [-0.2, 0) is 0 Å². The van der Waals surface area contributed by atoms with Crippen LogP contribution in [-0.4, -0.2) is 0 Å². The molecule has 1 nitrogen and oxygen atoms in total. The van der Waals surface area contributed by atoms with Crippen LogP contribution < -0.4 is 0 Å². The third-order valence-electron chi connectivity index (χ3n) is 4.04. The standard InChI is InChI=1S/C17H17N/c1-17(2,3)16-13-9-5-7-11-6-4-8-12(15(11)13)14(16)10-18/h4-9,14,16H,1-3H3. The highest BCUT2D eigenvalue weighted by molar-refractivity contribution is 5.93. The molecule has 0 N–H and O–H groups in total. The lowest BCUT2D eigenvalue weighted by Gasteiger charge is -2.30. The lowest BCUT2D eigenvalue weighted by Crippen LogP contribution is -2.20. The highest BCUT2D eigenvalue weighted by Gasteiger charge is 2.41. The zero-order chi connectivity index (χ0) is 12.9. The Hall–Kier alpha value is -1.81. The van der Waals surface area contributed by atoms with E-state index in [-0.39, 0.29) is 11.3 Å². The molecule has 1 heteroatoms. The van der Waals surface area contributed by atoms with Crippen molar-refractivity contribution in [2.75, 3.05) is 0 Å². The second-order valence-electron chi connectivity index (χ2n) is 6.24. The van der Waals surface area contributed by atoms with Gasteiger partial charge in [-0.2, -0.15) is 5.26 Å². The molecule has 90 valence electrons. The highest BCUT2D eigenvalue weighted by atomic mass is 14.4. The third-order valence-corrected chi connectivity index (χ3v) is 4.04. The highest BCUT2D eigenvalue weighted by Crippen LogP contribution is 2.53. The van der Waals surface area contributed by atoms with E-state index in [0.29, 0.717) is 5.92 Å². The molecule has 0 bridgehead atoms. The van der Waals surface area contributed by atoms with E-state index in [4.69, 9.17) is 0 Å². The van der Waals surface area contributed by atoms with E-state index in [1.807, 2.05) is 0 Å². The second kappa shape index (κ2) is 3.59. The van der Waals surface area contributed by atoms with E-state index in [1.165, 1.54) is 21.9 Å². The Morgan fingerprint density at radius 2 is 1.61 bits per heavy atom. The SMILES string of the molecule is CC(C)(C)C1c2cccc3cccc(c23)C1C#N. The van der Waals surface area contributed by atoms with E-state index in [9.17, 15) is 5.26 Å². The molecule has 0 heterocycles. The summed E-state index contributed by atoms with van der Waals surface area (Å²) in [5.41, 5.74) is 2.67. The minimum atomic E-state index is -0.00824. The Morgan fingerprint density at radius 1 is 1.00 bits per heavy atom. The fraction of sp³-hybridized carbons (Fsp3) is 0.353. The van der Waals surface area contributed by atoms with Crippen molar-refractivity contribution in [2.24, 2.45) is 5.41 Å². The summed E-state index contributed by atoms with van der Waals surface area (Å²) < 4.78 is 0.